The smallest absolute Gasteiger partial charge is 0.161 e. The second-order valence-electron chi connectivity index (χ2n) is 5.53. The lowest BCUT2D eigenvalue weighted by Gasteiger charge is -2.20. The average Bonchev–Trinajstić information content (AvgIpc) is 2.46. The summed E-state index contributed by atoms with van der Waals surface area (Å²) in [5.74, 6) is 1.72. The van der Waals surface area contributed by atoms with E-state index in [1.807, 2.05) is 0 Å². The Morgan fingerprint density at radius 3 is 2.62 bits per heavy atom. The molecule has 3 rings (SSSR count). The molecule has 1 aliphatic heterocycles. The third-order valence-electron chi connectivity index (χ3n) is 3.65. The van der Waals surface area contributed by atoms with Crippen molar-refractivity contribution in [1.29, 1.82) is 0 Å². The maximum atomic E-state index is 5.55. The summed E-state index contributed by atoms with van der Waals surface area (Å²) in [6.07, 6.45) is 0.855. The van der Waals surface area contributed by atoms with Gasteiger partial charge in [0.1, 0.15) is 5.82 Å². The predicted octanol–water partition coefficient (Wildman–Crippen LogP) is 3.26. The summed E-state index contributed by atoms with van der Waals surface area (Å²) < 4.78 is 5.55. The molecule has 1 aromatic heterocycles. The summed E-state index contributed by atoms with van der Waals surface area (Å²) >= 11 is 0. The van der Waals surface area contributed by atoms with Crippen molar-refractivity contribution in [2.45, 2.75) is 33.8 Å². The van der Waals surface area contributed by atoms with E-state index >= 15 is 0 Å². The van der Waals surface area contributed by atoms with Gasteiger partial charge in [-0.1, -0.05) is 17.2 Å². The lowest BCUT2D eigenvalue weighted by molar-refractivity contribution is 0.109. The molecule has 4 nitrogen and oxygen atoms in total. The zero-order valence-electron chi connectivity index (χ0n) is 12.9. The first kappa shape index (κ1) is 14.0. The number of nitrogens with one attached hydrogen (secondary N) is 1. The maximum Gasteiger partial charge on any atom is 0.161 e. The number of aromatic nitrogens is 2. The quantitative estimate of drug-likeness (QED) is 0.939. The number of aryl methyl sites for hydroxylation is 2. The van der Waals surface area contributed by atoms with Gasteiger partial charge in [-0.3, -0.25) is 0 Å². The van der Waals surface area contributed by atoms with Crippen molar-refractivity contribution in [3.8, 4) is 11.4 Å². The van der Waals surface area contributed by atoms with Gasteiger partial charge >= 0.3 is 0 Å². The van der Waals surface area contributed by atoms with E-state index in [2.05, 4.69) is 44.3 Å². The molecule has 0 bridgehead atoms. The highest BCUT2D eigenvalue weighted by atomic mass is 16.5. The van der Waals surface area contributed by atoms with Gasteiger partial charge in [0.2, 0.25) is 0 Å². The monoisotopic (exact) mass is 283 g/mol. The van der Waals surface area contributed by atoms with Crippen LogP contribution in [-0.2, 0) is 17.8 Å². The largest absolute Gasteiger partial charge is 0.376 e. The van der Waals surface area contributed by atoms with Crippen molar-refractivity contribution in [3.63, 3.8) is 0 Å². The molecule has 0 saturated heterocycles. The van der Waals surface area contributed by atoms with Gasteiger partial charge in [-0.2, -0.15) is 0 Å². The summed E-state index contributed by atoms with van der Waals surface area (Å²) in [5.41, 5.74) is 5.78. The number of nitrogens with zero attached hydrogens (tertiary/aromatic N) is 2. The minimum atomic E-state index is 0.602. The number of rotatable bonds is 3. The molecule has 1 N–H and O–H groups in total. The molecule has 21 heavy (non-hydrogen) atoms. The number of hydrogen-bond acceptors (Lipinski definition) is 4. The Balaban J connectivity index is 2.12. The first-order valence-electron chi connectivity index (χ1n) is 7.47. The highest BCUT2D eigenvalue weighted by molar-refractivity contribution is 5.62. The number of fused-ring (bicyclic) bond motifs is 1. The van der Waals surface area contributed by atoms with Gasteiger partial charge in [0.15, 0.2) is 5.82 Å². The normalized spacial score (nSPS) is 13.9. The third kappa shape index (κ3) is 2.90. The van der Waals surface area contributed by atoms with Crippen LogP contribution >= 0.6 is 0 Å². The van der Waals surface area contributed by atoms with Gasteiger partial charge < -0.3 is 10.1 Å². The molecule has 0 fully saturated rings. The first-order chi connectivity index (χ1) is 10.2. The molecule has 0 amide bonds. The molecule has 0 atom stereocenters. The molecule has 0 saturated carbocycles. The molecule has 1 aliphatic rings. The SMILES string of the molecule is CCNc1nc(-c2cc(C)cc(C)c2)nc2c1COCC2. The second-order valence-corrected chi connectivity index (χ2v) is 5.53. The maximum absolute atomic E-state index is 5.55. The molecular weight excluding hydrogens is 262 g/mol. The molecule has 110 valence electrons. The fourth-order valence-corrected chi connectivity index (χ4v) is 2.78. The Bertz CT molecular complexity index is 647. The van der Waals surface area contributed by atoms with Crippen LogP contribution in [0.5, 0.6) is 0 Å². The van der Waals surface area contributed by atoms with Crippen molar-refractivity contribution in [1.82, 2.24) is 9.97 Å². The van der Waals surface area contributed by atoms with Crippen LogP contribution in [0.2, 0.25) is 0 Å². The van der Waals surface area contributed by atoms with E-state index in [4.69, 9.17) is 14.7 Å². The predicted molar refractivity (Wildman–Crippen MR) is 84.5 cm³/mol. The Labute approximate surface area is 125 Å². The zero-order chi connectivity index (χ0) is 14.8. The van der Waals surface area contributed by atoms with Crippen molar-refractivity contribution < 1.29 is 4.74 Å². The molecule has 0 aliphatic carbocycles. The van der Waals surface area contributed by atoms with Gasteiger partial charge in [0, 0.05) is 24.1 Å². The number of ether oxygens (including phenoxy) is 1. The van der Waals surface area contributed by atoms with Crippen molar-refractivity contribution in [2.75, 3.05) is 18.5 Å². The van der Waals surface area contributed by atoms with E-state index in [1.165, 1.54) is 11.1 Å². The lowest BCUT2D eigenvalue weighted by Crippen LogP contribution is -2.17. The Kier molecular flexibility index (Phi) is 3.88. The van der Waals surface area contributed by atoms with Gasteiger partial charge in [0.25, 0.3) is 0 Å². The third-order valence-corrected chi connectivity index (χ3v) is 3.65. The molecular formula is C17H21N3O. The molecule has 2 heterocycles. The van der Waals surface area contributed by atoms with E-state index in [0.29, 0.717) is 6.61 Å². The van der Waals surface area contributed by atoms with Crippen molar-refractivity contribution >= 4 is 5.82 Å². The molecule has 2 aromatic rings. The Morgan fingerprint density at radius 2 is 1.90 bits per heavy atom. The fourth-order valence-electron chi connectivity index (χ4n) is 2.78. The number of anilines is 1. The minimum absolute atomic E-state index is 0.602. The first-order valence-corrected chi connectivity index (χ1v) is 7.47. The molecule has 0 unspecified atom stereocenters. The fraction of sp³-hybridized carbons (Fsp3) is 0.412. The summed E-state index contributed by atoms with van der Waals surface area (Å²) in [7, 11) is 0. The van der Waals surface area contributed by atoms with Crippen LogP contribution in [0, 0.1) is 13.8 Å². The van der Waals surface area contributed by atoms with Gasteiger partial charge in [0.05, 0.1) is 18.9 Å². The lowest BCUT2D eigenvalue weighted by atomic mass is 10.1. The van der Waals surface area contributed by atoms with E-state index in [0.717, 1.165) is 48.0 Å². The molecule has 0 radical (unpaired) electrons. The van der Waals surface area contributed by atoms with Crippen LogP contribution in [0.1, 0.15) is 29.3 Å². The van der Waals surface area contributed by atoms with E-state index < -0.39 is 0 Å². The van der Waals surface area contributed by atoms with Crippen molar-refractivity contribution in [2.24, 2.45) is 0 Å². The van der Waals surface area contributed by atoms with E-state index in [-0.39, 0.29) is 0 Å². The Morgan fingerprint density at radius 1 is 1.14 bits per heavy atom. The van der Waals surface area contributed by atoms with Crippen LogP contribution in [0.25, 0.3) is 11.4 Å². The topological polar surface area (TPSA) is 47.0 Å². The standard InChI is InChI=1S/C17H21N3O/c1-4-18-17-14-10-21-6-5-15(14)19-16(20-17)13-8-11(2)7-12(3)9-13/h7-9H,4-6,10H2,1-3H3,(H,18,19,20). The minimum Gasteiger partial charge on any atom is -0.376 e. The summed E-state index contributed by atoms with van der Waals surface area (Å²) in [5, 5.41) is 3.34. The average molecular weight is 283 g/mol. The highest BCUT2D eigenvalue weighted by Gasteiger charge is 2.18. The zero-order valence-corrected chi connectivity index (χ0v) is 12.9. The van der Waals surface area contributed by atoms with Crippen LogP contribution in [0.15, 0.2) is 18.2 Å². The molecule has 4 heteroatoms. The molecule has 0 spiro atoms. The summed E-state index contributed by atoms with van der Waals surface area (Å²) in [6.45, 7) is 8.47. The van der Waals surface area contributed by atoms with Gasteiger partial charge in [-0.15, -0.1) is 0 Å². The van der Waals surface area contributed by atoms with Gasteiger partial charge in [-0.25, -0.2) is 9.97 Å². The van der Waals surface area contributed by atoms with Gasteiger partial charge in [-0.05, 0) is 32.9 Å². The number of hydrogen-bond donors (Lipinski definition) is 1. The summed E-state index contributed by atoms with van der Waals surface area (Å²) in [6, 6.07) is 6.45. The van der Waals surface area contributed by atoms with E-state index in [1.54, 1.807) is 0 Å². The Hall–Kier alpha value is -1.94. The van der Waals surface area contributed by atoms with Crippen LogP contribution in [0.4, 0.5) is 5.82 Å². The van der Waals surface area contributed by atoms with Crippen LogP contribution in [0.3, 0.4) is 0 Å². The number of benzene rings is 1. The highest BCUT2D eigenvalue weighted by Crippen LogP contribution is 2.27. The van der Waals surface area contributed by atoms with Crippen molar-refractivity contribution in [3.05, 3.63) is 40.6 Å². The van der Waals surface area contributed by atoms with E-state index in [9.17, 15) is 0 Å². The second kappa shape index (κ2) is 5.82. The molecule has 1 aromatic carbocycles. The van der Waals surface area contributed by atoms with Crippen LogP contribution in [-0.4, -0.2) is 23.1 Å². The summed E-state index contributed by atoms with van der Waals surface area (Å²) in [4.78, 5) is 9.50. The van der Waals surface area contributed by atoms with Crippen LogP contribution < -0.4 is 5.32 Å².